The molecule has 0 radical (unpaired) electrons. The van der Waals surface area contributed by atoms with Crippen molar-refractivity contribution in [3.63, 3.8) is 0 Å². The molecule has 0 aliphatic rings. The van der Waals surface area contributed by atoms with Crippen molar-refractivity contribution in [1.82, 2.24) is 4.98 Å². The van der Waals surface area contributed by atoms with Crippen molar-refractivity contribution in [3.8, 4) is 6.07 Å². The van der Waals surface area contributed by atoms with Crippen LogP contribution in [0.4, 0.5) is 13.2 Å². The topological polar surface area (TPSA) is 36.7 Å². The maximum Gasteiger partial charge on any atom is 0.417 e. The maximum atomic E-state index is 12.6. The average molecular weight is 331 g/mol. The van der Waals surface area contributed by atoms with Gasteiger partial charge in [0.15, 0.2) is 0 Å². The summed E-state index contributed by atoms with van der Waals surface area (Å²) in [6, 6.07) is 9.12. The van der Waals surface area contributed by atoms with E-state index < -0.39 is 17.7 Å². The fourth-order valence-corrected chi connectivity index (χ4v) is 2.17. The quantitative estimate of drug-likeness (QED) is 0.771. The van der Waals surface area contributed by atoms with Gasteiger partial charge < -0.3 is 0 Å². The second kappa shape index (κ2) is 5.92. The molecule has 21 heavy (non-hydrogen) atoms. The number of pyridine rings is 1. The highest BCUT2D eigenvalue weighted by molar-refractivity contribution is 6.31. The zero-order valence-corrected chi connectivity index (χ0v) is 11.8. The van der Waals surface area contributed by atoms with Crippen LogP contribution >= 0.6 is 23.2 Å². The number of aromatic nitrogens is 1. The first-order valence-electron chi connectivity index (χ1n) is 5.70. The molecule has 1 heterocycles. The van der Waals surface area contributed by atoms with E-state index in [2.05, 4.69) is 4.98 Å². The van der Waals surface area contributed by atoms with E-state index in [-0.39, 0.29) is 10.7 Å². The first kappa shape index (κ1) is 15.6. The zero-order chi connectivity index (χ0) is 15.6. The third-order valence-corrected chi connectivity index (χ3v) is 3.36. The molecule has 2 nitrogen and oxygen atoms in total. The Morgan fingerprint density at radius 3 is 2.24 bits per heavy atom. The van der Waals surface area contributed by atoms with Crippen LogP contribution in [0.3, 0.4) is 0 Å². The van der Waals surface area contributed by atoms with Gasteiger partial charge in [0, 0.05) is 11.2 Å². The van der Waals surface area contributed by atoms with Crippen LogP contribution in [-0.4, -0.2) is 4.98 Å². The molecule has 0 N–H and O–H groups in total. The second-order valence-electron chi connectivity index (χ2n) is 4.20. The van der Waals surface area contributed by atoms with Gasteiger partial charge in [-0.3, -0.25) is 4.98 Å². The lowest BCUT2D eigenvalue weighted by atomic mass is 9.96. The Labute approximate surface area is 128 Å². The first-order chi connectivity index (χ1) is 9.82. The Morgan fingerprint density at radius 2 is 1.76 bits per heavy atom. The summed E-state index contributed by atoms with van der Waals surface area (Å²) in [7, 11) is 0. The van der Waals surface area contributed by atoms with Crippen LogP contribution in [0.1, 0.15) is 22.7 Å². The van der Waals surface area contributed by atoms with Crippen molar-refractivity contribution in [2.24, 2.45) is 0 Å². The number of rotatable bonds is 2. The van der Waals surface area contributed by atoms with E-state index in [1.165, 1.54) is 0 Å². The highest BCUT2D eigenvalue weighted by Crippen LogP contribution is 2.34. The molecule has 1 atom stereocenters. The highest BCUT2D eigenvalue weighted by atomic mass is 35.5. The van der Waals surface area contributed by atoms with E-state index in [1.54, 1.807) is 24.3 Å². The molecule has 0 saturated heterocycles. The van der Waals surface area contributed by atoms with Gasteiger partial charge in [-0.1, -0.05) is 35.3 Å². The van der Waals surface area contributed by atoms with Crippen molar-refractivity contribution in [2.75, 3.05) is 0 Å². The number of halogens is 5. The molecular formula is C14H7Cl2F3N2. The van der Waals surface area contributed by atoms with Gasteiger partial charge in [0.05, 0.1) is 22.3 Å². The Kier molecular flexibility index (Phi) is 4.40. The normalized spacial score (nSPS) is 12.8. The summed E-state index contributed by atoms with van der Waals surface area (Å²) in [5.74, 6) is -0.864. The van der Waals surface area contributed by atoms with Crippen LogP contribution in [0.25, 0.3) is 0 Å². The minimum atomic E-state index is -4.53. The van der Waals surface area contributed by atoms with Gasteiger partial charge in [-0.05, 0) is 23.8 Å². The van der Waals surface area contributed by atoms with E-state index in [4.69, 9.17) is 23.2 Å². The van der Waals surface area contributed by atoms with Crippen LogP contribution in [0.5, 0.6) is 0 Å². The number of nitrogens with zero attached hydrogens (tertiary/aromatic N) is 2. The van der Waals surface area contributed by atoms with Gasteiger partial charge in [0.25, 0.3) is 0 Å². The Bertz CT molecular complexity index is 691. The molecule has 0 fully saturated rings. The number of benzene rings is 1. The summed E-state index contributed by atoms with van der Waals surface area (Å²) >= 11 is 11.6. The number of hydrogen-bond acceptors (Lipinski definition) is 2. The minimum absolute atomic E-state index is 0.0782. The number of nitriles is 1. The molecule has 0 saturated carbocycles. The van der Waals surface area contributed by atoms with Gasteiger partial charge in [-0.25, -0.2) is 0 Å². The van der Waals surface area contributed by atoms with E-state index in [0.717, 1.165) is 6.07 Å². The van der Waals surface area contributed by atoms with Gasteiger partial charge in [0.1, 0.15) is 5.92 Å². The van der Waals surface area contributed by atoms with Gasteiger partial charge in [-0.15, -0.1) is 0 Å². The molecule has 7 heteroatoms. The van der Waals surface area contributed by atoms with Crippen molar-refractivity contribution in [2.45, 2.75) is 12.1 Å². The maximum absolute atomic E-state index is 12.6. The lowest BCUT2D eigenvalue weighted by Crippen LogP contribution is -2.08. The Morgan fingerprint density at radius 1 is 1.14 bits per heavy atom. The highest BCUT2D eigenvalue weighted by Gasteiger charge is 2.32. The summed E-state index contributed by atoms with van der Waals surface area (Å²) in [4.78, 5) is 3.71. The predicted octanol–water partition coefficient (Wildman–Crippen LogP) is 5.06. The molecular weight excluding hydrogens is 324 g/mol. The molecule has 0 bridgehead atoms. The molecule has 108 valence electrons. The summed E-state index contributed by atoms with van der Waals surface area (Å²) in [6.45, 7) is 0. The fourth-order valence-electron chi connectivity index (χ4n) is 1.76. The van der Waals surface area contributed by atoms with Crippen LogP contribution < -0.4 is 0 Å². The monoisotopic (exact) mass is 330 g/mol. The minimum Gasteiger partial charge on any atom is -0.257 e. The lowest BCUT2D eigenvalue weighted by molar-refractivity contribution is -0.137. The Hall–Kier alpha value is -1.77. The number of hydrogen-bond donors (Lipinski definition) is 0. The molecule has 1 aromatic heterocycles. The molecule has 0 unspecified atom stereocenters. The van der Waals surface area contributed by atoms with E-state index in [1.807, 2.05) is 6.07 Å². The van der Waals surface area contributed by atoms with Crippen molar-refractivity contribution < 1.29 is 13.2 Å². The molecule has 0 aliphatic carbocycles. The van der Waals surface area contributed by atoms with Crippen LogP contribution in [0.15, 0.2) is 36.5 Å². The van der Waals surface area contributed by atoms with Gasteiger partial charge >= 0.3 is 6.18 Å². The molecule has 0 aliphatic heterocycles. The average Bonchev–Trinajstić information content (AvgIpc) is 2.42. The summed E-state index contributed by atoms with van der Waals surface area (Å²) < 4.78 is 37.7. The van der Waals surface area contributed by atoms with Crippen LogP contribution in [0, 0.1) is 11.3 Å². The van der Waals surface area contributed by atoms with Crippen molar-refractivity contribution >= 4 is 23.2 Å². The summed E-state index contributed by atoms with van der Waals surface area (Å²) in [6.07, 6.45) is -3.86. The largest absolute Gasteiger partial charge is 0.417 e. The smallest absolute Gasteiger partial charge is 0.257 e. The van der Waals surface area contributed by atoms with E-state index in [9.17, 15) is 18.4 Å². The number of alkyl halides is 3. The van der Waals surface area contributed by atoms with E-state index in [0.29, 0.717) is 16.8 Å². The van der Waals surface area contributed by atoms with Crippen molar-refractivity contribution in [3.05, 3.63) is 63.4 Å². The fraction of sp³-hybridized carbons (Fsp3) is 0.143. The van der Waals surface area contributed by atoms with Crippen LogP contribution in [-0.2, 0) is 6.18 Å². The summed E-state index contributed by atoms with van der Waals surface area (Å²) in [5.41, 5.74) is -0.324. The summed E-state index contributed by atoms with van der Waals surface area (Å²) in [5, 5.41) is 9.54. The van der Waals surface area contributed by atoms with Crippen molar-refractivity contribution in [1.29, 1.82) is 5.26 Å². The molecule has 0 amide bonds. The lowest BCUT2D eigenvalue weighted by Gasteiger charge is -2.13. The zero-order valence-electron chi connectivity index (χ0n) is 10.3. The Balaban J connectivity index is 2.44. The standard InChI is InChI=1S/C14H7Cl2F3N2/c15-10-3-1-8(2-4-10)11(6-20)13-12(16)5-9(7-21-13)14(17,18)19/h1-5,7,11H/t11-/m1/s1. The first-order valence-corrected chi connectivity index (χ1v) is 6.46. The van der Waals surface area contributed by atoms with Gasteiger partial charge in [-0.2, -0.15) is 18.4 Å². The molecule has 0 spiro atoms. The van der Waals surface area contributed by atoms with E-state index >= 15 is 0 Å². The third-order valence-electron chi connectivity index (χ3n) is 2.80. The predicted molar refractivity (Wildman–Crippen MR) is 73.2 cm³/mol. The molecule has 1 aromatic carbocycles. The van der Waals surface area contributed by atoms with Crippen LogP contribution in [0.2, 0.25) is 10.0 Å². The SMILES string of the molecule is N#C[C@H](c1ccc(Cl)cc1)c1ncc(C(F)(F)F)cc1Cl. The van der Waals surface area contributed by atoms with Gasteiger partial charge in [0.2, 0.25) is 0 Å². The molecule has 2 aromatic rings. The molecule has 2 rings (SSSR count). The third kappa shape index (κ3) is 3.46. The second-order valence-corrected chi connectivity index (χ2v) is 5.05.